The van der Waals surface area contributed by atoms with Crippen molar-refractivity contribution in [2.24, 2.45) is 0 Å². The predicted molar refractivity (Wildman–Crippen MR) is 273 cm³/mol. The molecule has 0 saturated heterocycles. The Kier molecular flexibility index (Phi) is 9.35. The zero-order valence-corrected chi connectivity index (χ0v) is 36.5. The van der Waals surface area contributed by atoms with Crippen molar-refractivity contribution in [3.8, 4) is 55.6 Å². The first-order valence-electron chi connectivity index (χ1n) is 22.7. The van der Waals surface area contributed by atoms with Gasteiger partial charge in [0.2, 0.25) is 0 Å². The van der Waals surface area contributed by atoms with E-state index in [1.54, 1.807) is 0 Å². The predicted octanol–water partition coefficient (Wildman–Crippen LogP) is 17.0. The van der Waals surface area contributed by atoms with Crippen molar-refractivity contribution in [1.29, 1.82) is 0 Å². The highest BCUT2D eigenvalue weighted by Gasteiger charge is 2.35. The van der Waals surface area contributed by atoms with Crippen LogP contribution in [0.4, 0.5) is 11.4 Å². The van der Waals surface area contributed by atoms with Crippen molar-refractivity contribution in [2.75, 3.05) is 4.90 Å². The molecule has 2 heteroatoms. The maximum absolute atomic E-state index is 6.31. The normalized spacial score (nSPS) is 15.8. The van der Waals surface area contributed by atoms with E-state index in [0.717, 1.165) is 44.4 Å². The lowest BCUT2D eigenvalue weighted by molar-refractivity contribution is 0.660. The fraction of sp³-hybridized carbons (Fsp3) is 0.0794. The van der Waals surface area contributed by atoms with Crippen LogP contribution in [-0.4, -0.2) is 6.04 Å². The Morgan fingerprint density at radius 1 is 0.385 bits per heavy atom. The van der Waals surface area contributed by atoms with Crippen LogP contribution in [0.25, 0.3) is 77.6 Å². The Labute approximate surface area is 381 Å². The van der Waals surface area contributed by atoms with Crippen LogP contribution in [0, 0.1) is 0 Å². The summed E-state index contributed by atoms with van der Waals surface area (Å²) in [5.41, 5.74) is 20.4. The molecule has 0 radical (unpaired) electrons. The minimum Gasteiger partial charge on any atom is -0.456 e. The molecule has 65 heavy (non-hydrogen) atoms. The summed E-state index contributed by atoms with van der Waals surface area (Å²) in [6.45, 7) is 4.71. The van der Waals surface area contributed by atoms with Gasteiger partial charge >= 0.3 is 0 Å². The number of allylic oxidation sites excluding steroid dienone is 2. The molecule has 10 aromatic rings. The highest BCUT2D eigenvalue weighted by molar-refractivity contribution is 6.06. The maximum atomic E-state index is 6.31. The molecule has 2 nitrogen and oxygen atoms in total. The number of nitrogens with zero attached hydrogens (tertiary/aromatic N) is 1. The monoisotopic (exact) mass is 833 g/mol. The molecule has 310 valence electrons. The number of fused-ring (bicyclic) bond motifs is 6. The highest BCUT2D eigenvalue weighted by Crippen LogP contribution is 2.50. The van der Waals surface area contributed by atoms with E-state index < -0.39 is 0 Å². The average molecular weight is 834 g/mol. The number of hydrogen-bond acceptors (Lipinski definition) is 2. The van der Waals surface area contributed by atoms with Crippen LogP contribution in [0.15, 0.2) is 241 Å². The Balaban J connectivity index is 0.952. The van der Waals surface area contributed by atoms with Crippen molar-refractivity contribution >= 4 is 33.3 Å². The Hall–Kier alpha value is -7.94. The second kappa shape index (κ2) is 15.7. The topological polar surface area (TPSA) is 16.4 Å². The fourth-order valence-corrected chi connectivity index (χ4v) is 10.7. The molecule has 2 aliphatic carbocycles. The smallest absolute Gasteiger partial charge is 0.136 e. The Bertz CT molecular complexity index is 3460. The van der Waals surface area contributed by atoms with Gasteiger partial charge in [-0.15, -0.1) is 0 Å². The van der Waals surface area contributed by atoms with Gasteiger partial charge in [-0.3, -0.25) is 0 Å². The van der Waals surface area contributed by atoms with E-state index in [1.807, 2.05) is 12.1 Å². The van der Waals surface area contributed by atoms with Crippen LogP contribution >= 0.6 is 0 Å². The molecular formula is C63H47NO. The van der Waals surface area contributed by atoms with E-state index in [-0.39, 0.29) is 17.4 Å². The van der Waals surface area contributed by atoms with Crippen molar-refractivity contribution < 1.29 is 4.42 Å². The Morgan fingerprint density at radius 2 is 0.938 bits per heavy atom. The second-order valence-electron chi connectivity index (χ2n) is 18.0. The number of furan rings is 1. The van der Waals surface area contributed by atoms with Gasteiger partial charge in [0.15, 0.2) is 0 Å². The third-order valence-electron chi connectivity index (χ3n) is 13.9. The van der Waals surface area contributed by atoms with Gasteiger partial charge in [-0.25, -0.2) is 0 Å². The van der Waals surface area contributed by atoms with Gasteiger partial charge in [-0.1, -0.05) is 202 Å². The van der Waals surface area contributed by atoms with Gasteiger partial charge in [0.05, 0.1) is 6.04 Å². The number of anilines is 2. The molecule has 0 fully saturated rings. The average Bonchev–Trinajstić information content (AvgIpc) is 3.86. The molecule has 0 bridgehead atoms. The molecule has 9 aromatic carbocycles. The largest absolute Gasteiger partial charge is 0.456 e. The third-order valence-corrected chi connectivity index (χ3v) is 13.9. The minimum absolute atomic E-state index is 0.0204. The lowest BCUT2D eigenvalue weighted by Crippen LogP contribution is -2.35. The molecule has 12 rings (SSSR count). The quantitative estimate of drug-likeness (QED) is 0.152. The van der Waals surface area contributed by atoms with Crippen LogP contribution < -0.4 is 4.90 Å². The molecule has 1 heterocycles. The first kappa shape index (κ1) is 38.7. The summed E-state index contributed by atoms with van der Waals surface area (Å²) < 4.78 is 6.31. The summed E-state index contributed by atoms with van der Waals surface area (Å²) in [6, 6.07) is 77.6. The molecular weight excluding hydrogens is 787 g/mol. The lowest BCUT2D eigenvalue weighted by atomic mass is 9.81. The standard InChI is InChI=1S/C63H47NO/c1-63(2)58-25-13-10-22-53(58)54-38-32-45(40-59(54)63)42-28-34-47(35-29-42)64(48-36-30-43(31-37-48)46-33-39-57-56-24-12-15-27-61(56)65-62(57)41-46)60-26-14-11-23-55(60)52-21-9-8-20-51(52)50-19-7-6-18-49(50)44-16-4-3-5-17-44/h3-41,55,60H,1-2H3. The first-order chi connectivity index (χ1) is 32.0. The van der Waals surface area contributed by atoms with Crippen molar-refractivity contribution in [3.63, 3.8) is 0 Å². The fourth-order valence-electron chi connectivity index (χ4n) is 10.7. The minimum atomic E-state index is -0.0591. The van der Waals surface area contributed by atoms with Crippen LogP contribution in [0.3, 0.4) is 0 Å². The number of benzene rings is 9. The van der Waals surface area contributed by atoms with E-state index >= 15 is 0 Å². The van der Waals surface area contributed by atoms with Gasteiger partial charge in [0.25, 0.3) is 0 Å². The van der Waals surface area contributed by atoms with E-state index in [1.165, 1.54) is 61.2 Å². The summed E-state index contributed by atoms with van der Waals surface area (Å²) in [4.78, 5) is 2.53. The van der Waals surface area contributed by atoms with Gasteiger partial charge in [-0.2, -0.15) is 0 Å². The molecule has 0 saturated carbocycles. The van der Waals surface area contributed by atoms with Crippen molar-refractivity contribution in [1.82, 2.24) is 0 Å². The van der Waals surface area contributed by atoms with E-state index in [9.17, 15) is 0 Å². The summed E-state index contributed by atoms with van der Waals surface area (Å²) in [6.07, 6.45) is 9.19. The maximum Gasteiger partial charge on any atom is 0.136 e. The molecule has 1 aromatic heterocycles. The zero-order valence-electron chi connectivity index (χ0n) is 36.5. The van der Waals surface area contributed by atoms with Gasteiger partial charge < -0.3 is 9.32 Å². The van der Waals surface area contributed by atoms with Crippen LogP contribution in [0.2, 0.25) is 0 Å². The van der Waals surface area contributed by atoms with E-state index in [0.29, 0.717) is 0 Å². The molecule has 0 amide bonds. The van der Waals surface area contributed by atoms with Crippen LogP contribution in [0.1, 0.15) is 36.5 Å². The zero-order chi connectivity index (χ0) is 43.5. The third kappa shape index (κ3) is 6.64. The van der Waals surface area contributed by atoms with E-state index in [2.05, 4.69) is 243 Å². The second-order valence-corrected chi connectivity index (χ2v) is 18.0. The summed E-state index contributed by atoms with van der Waals surface area (Å²) in [5.74, 6) is 0.0513. The molecule has 2 aliphatic rings. The van der Waals surface area contributed by atoms with Crippen molar-refractivity contribution in [2.45, 2.75) is 31.2 Å². The highest BCUT2D eigenvalue weighted by atomic mass is 16.3. The lowest BCUT2D eigenvalue weighted by Gasteiger charge is -2.38. The van der Waals surface area contributed by atoms with Gasteiger partial charge in [0.1, 0.15) is 11.2 Å². The first-order valence-corrected chi connectivity index (χ1v) is 22.7. The summed E-state index contributed by atoms with van der Waals surface area (Å²) in [7, 11) is 0. The SMILES string of the molecule is CC1(C)c2ccccc2-c2ccc(-c3ccc(N(c4ccc(-c5ccc6c(c5)oc5ccccc56)cc4)C4C=CC=CC4c4ccccc4-c4ccccc4-c4ccccc4)cc3)cc21. The number of hydrogen-bond donors (Lipinski definition) is 0. The molecule has 0 spiro atoms. The van der Waals surface area contributed by atoms with Gasteiger partial charge in [0, 0.05) is 33.5 Å². The van der Waals surface area contributed by atoms with Crippen LogP contribution in [-0.2, 0) is 5.41 Å². The summed E-state index contributed by atoms with van der Waals surface area (Å²) in [5, 5.41) is 2.28. The number of rotatable bonds is 8. The van der Waals surface area contributed by atoms with Gasteiger partial charge in [-0.05, 0) is 121 Å². The molecule has 0 N–H and O–H groups in total. The number of para-hydroxylation sites is 1. The molecule has 0 aliphatic heterocycles. The molecule has 2 unspecified atom stereocenters. The molecule has 2 atom stereocenters. The van der Waals surface area contributed by atoms with Crippen LogP contribution in [0.5, 0.6) is 0 Å². The summed E-state index contributed by atoms with van der Waals surface area (Å²) >= 11 is 0. The van der Waals surface area contributed by atoms with Crippen molar-refractivity contribution in [3.05, 3.63) is 253 Å². The van der Waals surface area contributed by atoms with E-state index in [4.69, 9.17) is 4.42 Å². The Morgan fingerprint density at radius 3 is 1.71 bits per heavy atom.